The highest BCUT2D eigenvalue weighted by molar-refractivity contribution is 7.99. The molecule has 102 valence electrons. The van der Waals surface area contributed by atoms with Crippen LogP contribution in [0.15, 0.2) is 5.03 Å². The number of anilines is 1. The van der Waals surface area contributed by atoms with Crippen LogP contribution in [0, 0.1) is 12.8 Å². The van der Waals surface area contributed by atoms with Gasteiger partial charge in [0.05, 0.1) is 0 Å². The fourth-order valence-corrected chi connectivity index (χ4v) is 2.32. The molecule has 18 heavy (non-hydrogen) atoms. The van der Waals surface area contributed by atoms with Crippen LogP contribution in [0.25, 0.3) is 0 Å². The van der Waals surface area contributed by atoms with Gasteiger partial charge in [0.15, 0.2) is 0 Å². The normalized spacial score (nSPS) is 14.0. The molecule has 1 heterocycles. The monoisotopic (exact) mass is 267 g/mol. The predicted molar refractivity (Wildman–Crippen MR) is 80.0 cm³/mol. The van der Waals surface area contributed by atoms with Crippen molar-refractivity contribution in [3.8, 4) is 0 Å². The van der Waals surface area contributed by atoms with Crippen LogP contribution in [0.3, 0.4) is 0 Å². The van der Waals surface area contributed by atoms with Gasteiger partial charge in [-0.25, -0.2) is 9.97 Å². The first-order valence-corrected chi connectivity index (χ1v) is 7.32. The summed E-state index contributed by atoms with van der Waals surface area (Å²) in [5.41, 5.74) is 6.93. The van der Waals surface area contributed by atoms with Crippen LogP contribution in [0.4, 0.5) is 5.82 Å². The summed E-state index contributed by atoms with van der Waals surface area (Å²) >= 11 is 1.79. The van der Waals surface area contributed by atoms with Crippen LogP contribution >= 0.6 is 11.8 Å². The summed E-state index contributed by atoms with van der Waals surface area (Å²) in [5, 5.41) is 1.54. The van der Waals surface area contributed by atoms with Crippen molar-refractivity contribution in [3.63, 3.8) is 0 Å². The minimum Gasteiger partial charge on any atom is -0.383 e. The van der Waals surface area contributed by atoms with E-state index in [1.165, 1.54) is 0 Å². The molecule has 4 heteroatoms. The molecule has 3 nitrogen and oxygen atoms in total. The van der Waals surface area contributed by atoms with Crippen molar-refractivity contribution in [1.82, 2.24) is 9.97 Å². The average Bonchev–Trinajstić information content (AvgIpc) is 2.22. The van der Waals surface area contributed by atoms with E-state index in [1.54, 1.807) is 11.8 Å². The predicted octanol–water partition coefficient (Wildman–Crippen LogP) is 3.80. The molecule has 0 aromatic carbocycles. The Kier molecular flexibility index (Phi) is 4.65. The van der Waals surface area contributed by atoms with E-state index in [4.69, 9.17) is 10.7 Å². The van der Waals surface area contributed by atoms with Gasteiger partial charge in [-0.3, -0.25) is 0 Å². The van der Waals surface area contributed by atoms with Crippen LogP contribution < -0.4 is 5.73 Å². The van der Waals surface area contributed by atoms with Gasteiger partial charge in [0, 0.05) is 16.2 Å². The van der Waals surface area contributed by atoms with E-state index in [2.05, 4.69) is 46.5 Å². The summed E-state index contributed by atoms with van der Waals surface area (Å²) in [6.07, 6.45) is 0. The first-order chi connectivity index (χ1) is 8.12. The lowest BCUT2D eigenvalue weighted by atomic mass is 9.95. The standard InChI is InChI=1S/C14H25N3S/c1-8(2)10(4)18-12-9(3)11(15)16-13(17-12)14(5,6)7/h8,10H,1-7H3,(H2,15,16,17). The summed E-state index contributed by atoms with van der Waals surface area (Å²) in [7, 11) is 0. The first kappa shape index (κ1) is 15.3. The van der Waals surface area contributed by atoms with Crippen molar-refractivity contribution in [1.29, 1.82) is 0 Å². The quantitative estimate of drug-likeness (QED) is 0.668. The fraction of sp³-hybridized carbons (Fsp3) is 0.714. The number of nitrogens with two attached hydrogens (primary N) is 1. The van der Waals surface area contributed by atoms with E-state index in [9.17, 15) is 0 Å². The smallest absolute Gasteiger partial charge is 0.137 e. The Morgan fingerprint density at radius 1 is 1.11 bits per heavy atom. The lowest BCUT2D eigenvalue weighted by Crippen LogP contribution is -2.19. The molecular weight excluding hydrogens is 242 g/mol. The molecule has 0 aliphatic carbocycles. The van der Waals surface area contributed by atoms with Gasteiger partial charge in [0.1, 0.15) is 16.7 Å². The SMILES string of the molecule is Cc1c(N)nc(C(C)(C)C)nc1SC(C)C(C)C. The molecule has 0 bridgehead atoms. The minimum atomic E-state index is -0.0712. The summed E-state index contributed by atoms with van der Waals surface area (Å²) in [6, 6.07) is 0. The summed E-state index contributed by atoms with van der Waals surface area (Å²) < 4.78 is 0. The van der Waals surface area contributed by atoms with Crippen molar-refractivity contribution in [2.75, 3.05) is 5.73 Å². The lowest BCUT2D eigenvalue weighted by Gasteiger charge is -2.21. The highest BCUT2D eigenvalue weighted by Crippen LogP contribution is 2.32. The van der Waals surface area contributed by atoms with E-state index in [0.717, 1.165) is 16.4 Å². The first-order valence-electron chi connectivity index (χ1n) is 6.44. The number of rotatable bonds is 3. The molecule has 1 aromatic heterocycles. The Morgan fingerprint density at radius 3 is 2.11 bits per heavy atom. The Labute approximate surface area is 115 Å². The molecule has 1 rings (SSSR count). The fourth-order valence-electron chi connectivity index (χ4n) is 1.27. The third kappa shape index (κ3) is 3.61. The zero-order valence-corrected chi connectivity index (χ0v) is 13.4. The number of aromatic nitrogens is 2. The number of hydrogen-bond donors (Lipinski definition) is 1. The molecule has 0 radical (unpaired) electrons. The van der Waals surface area contributed by atoms with E-state index >= 15 is 0 Å². The van der Waals surface area contributed by atoms with Gasteiger partial charge in [0.25, 0.3) is 0 Å². The largest absolute Gasteiger partial charge is 0.383 e. The molecule has 0 saturated carbocycles. The van der Waals surface area contributed by atoms with Crippen molar-refractivity contribution in [2.45, 2.75) is 64.2 Å². The van der Waals surface area contributed by atoms with E-state index in [-0.39, 0.29) is 5.41 Å². The summed E-state index contributed by atoms with van der Waals surface area (Å²) in [6.45, 7) is 15.0. The molecule has 0 fully saturated rings. The maximum absolute atomic E-state index is 6.01. The maximum atomic E-state index is 6.01. The Bertz CT molecular complexity index is 422. The van der Waals surface area contributed by atoms with E-state index < -0.39 is 0 Å². The van der Waals surface area contributed by atoms with Crippen LogP contribution in [0.1, 0.15) is 52.9 Å². The van der Waals surface area contributed by atoms with Crippen molar-refractivity contribution >= 4 is 17.6 Å². The van der Waals surface area contributed by atoms with Crippen LogP contribution in [0.2, 0.25) is 0 Å². The van der Waals surface area contributed by atoms with Gasteiger partial charge in [-0.1, -0.05) is 41.5 Å². The Balaban J connectivity index is 3.15. The number of thioether (sulfide) groups is 1. The second kappa shape index (κ2) is 5.47. The van der Waals surface area contributed by atoms with Gasteiger partial charge in [0.2, 0.25) is 0 Å². The molecule has 0 saturated heterocycles. The Morgan fingerprint density at radius 2 is 1.67 bits per heavy atom. The van der Waals surface area contributed by atoms with Gasteiger partial charge in [-0.2, -0.15) is 0 Å². The van der Waals surface area contributed by atoms with E-state index in [1.807, 2.05) is 6.92 Å². The van der Waals surface area contributed by atoms with Gasteiger partial charge >= 0.3 is 0 Å². The van der Waals surface area contributed by atoms with Gasteiger partial charge in [-0.05, 0) is 12.8 Å². The van der Waals surface area contributed by atoms with Crippen molar-refractivity contribution in [2.24, 2.45) is 5.92 Å². The average molecular weight is 267 g/mol. The molecule has 0 aliphatic heterocycles. The number of nitrogen functional groups attached to an aromatic ring is 1. The Hall–Kier alpha value is -0.770. The second-order valence-electron chi connectivity index (χ2n) is 6.18. The van der Waals surface area contributed by atoms with Crippen LogP contribution in [0.5, 0.6) is 0 Å². The van der Waals surface area contributed by atoms with Crippen molar-refractivity contribution in [3.05, 3.63) is 11.4 Å². The second-order valence-corrected chi connectivity index (χ2v) is 7.55. The molecule has 1 atom stereocenters. The maximum Gasteiger partial charge on any atom is 0.137 e. The van der Waals surface area contributed by atoms with Gasteiger partial charge in [-0.15, -0.1) is 11.8 Å². The minimum absolute atomic E-state index is 0.0712. The number of nitrogens with zero attached hydrogens (tertiary/aromatic N) is 2. The van der Waals surface area contributed by atoms with Crippen LogP contribution in [-0.2, 0) is 5.41 Å². The third-order valence-electron chi connectivity index (χ3n) is 3.05. The zero-order chi connectivity index (χ0) is 14.1. The lowest BCUT2D eigenvalue weighted by molar-refractivity contribution is 0.538. The third-order valence-corrected chi connectivity index (χ3v) is 4.58. The summed E-state index contributed by atoms with van der Waals surface area (Å²) in [4.78, 5) is 9.11. The molecule has 0 amide bonds. The topological polar surface area (TPSA) is 51.8 Å². The molecular formula is C14H25N3S. The molecule has 1 unspecified atom stereocenters. The van der Waals surface area contributed by atoms with Gasteiger partial charge < -0.3 is 5.73 Å². The van der Waals surface area contributed by atoms with Crippen LogP contribution in [-0.4, -0.2) is 15.2 Å². The molecule has 0 spiro atoms. The highest BCUT2D eigenvalue weighted by atomic mass is 32.2. The molecule has 0 aliphatic rings. The molecule has 2 N–H and O–H groups in total. The zero-order valence-electron chi connectivity index (χ0n) is 12.5. The summed E-state index contributed by atoms with van der Waals surface area (Å²) in [5.74, 6) is 2.04. The van der Waals surface area contributed by atoms with E-state index in [0.29, 0.717) is 17.0 Å². The van der Waals surface area contributed by atoms with Crippen molar-refractivity contribution < 1.29 is 0 Å². The number of hydrogen-bond acceptors (Lipinski definition) is 4. The molecule has 1 aromatic rings. The highest BCUT2D eigenvalue weighted by Gasteiger charge is 2.21.